The number of nitrogens with one attached hydrogen (secondary N) is 1. The predicted molar refractivity (Wildman–Crippen MR) is 81.2 cm³/mol. The second-order valence-electron chi connectivity index (χ2n) is 5.08. The van der Waals surface area contributed by atoms with Gasteiger partial charge in [-0.1, -0.05) is 13.3 Å². The highest BCUT2D eigenvalue weighted by molar-refractivity contribution is 4.95. The van der Waals surface area contributed by atoms with Crippen LogP contribution in [0, 0.1) is 11.3 Å². The molecule has 122 valence electrons. The summed E-state index contributed by atoms with van der Waals surface area (Å²) in [6.07, 6.45) is 2.27. The van der Waals surface area contributed by atoms with Gasteiger partial charge < -0.3 is 19.5 Å². The van der Waals surface area contributed by atoms with E-state index in [1.54, 1.807) is 0 Å². The van der Waals surface area contributed by atoms with Crippen LogP contribution in [0.5, 0.6) is 0 Å². The topological polar surface area (TPSA) is 66.8 Å². The van der Waals surface area contributed by atoms with Gasteiger partial charge in [0.15, 0.2) is 0 Å². The summed E-state index contributed by atoms with van der Waals surface area (Å²) in [5.41, 5.74) is 0. The van der Waals surface area contributed by atoms with Gasteiger partial charge in [-0.25, -0.2) is 0 Å². The fraction of sp³-hybridized carbons (Fsp3) is 0.933. The van der Waals surface area contributed by atoms with Crippen molar-refractivity contribution in [2.75, 3.05) is 65.8 Å². The van der Waals surface area contributed by atoms with Crippen LogP contribution in [-0.2, 0) is 14.2 Å². The summed E-state index contributed by atoms with van der Waals surface area (Å²) in [5, 5.41) is 12.3. The van der Waals surface area contributed by atoms with E-state index in [4.69, 9.17) is 19.5 Å². The van der Waals surface area contributed by atoms with E-state index in [1.165, 1.54) is 0 Å². The average Bonchev–Trinajstić information content (AvgIpc) is 2.53. The van der Waals surface area contributed by atoms with Crippen LogP contribution in [0.15, 0.2) is 0 Å². The van der Waals surface area contributed by atoms with Crippen LogP contribution >= 0.6 is 0 Å². The Balaban J connectivity index is 1.85. The molecule has 1 atom stereocenters. The van der Waals surface area contributed by atoms with Crippen molar-refractivity contribution in [1.29, 1.82) is 5.26 Å². The molecule has 0 spiro atoms. The molecule has 1 fully saturated rings. The lowest BCUT2D eigenvalue weighted by Gasteiger charge is -2.31. The van der Waals surface area contributed by atoms with Crippen LogP contribution in [0.4, 0.5) is 0 Å². The molecule has 0 bridgehead atoms. The molecule has 0 aromatic carbocycles. The van der Waals surface area contributed by atoms with Crippen molar-refractivity contribution in [2.24, 2.45) is 0 Å². The summed E-state index contributed by atoms with van der Waals surface area (Å²) in [5.74, 6) is 0. The molecule has 6 heteroatoms. The Hall–Kier alpha value is -0.710. The summed E-state index contributed by atoms with van der Waals surface area (Å²) in [6, 6.07) is 2.28. The van der Waals surface area contributed by atoms with Crippen LogP contribution < -0.4 is 5.32 Å². The molecular formula is C15H29N3O3. The molecule has 21 heavy (non-hydrogen) atoms. The zero-order chi connectivity index (χ0) is 15.2. The first-order valence-electron chi connectivity index (χ1n) is 7.96. The summed E-state index contributed by atoms with van der Waals surface area (Å²) in [7, 11) is 0. The Morgan fingerprint density at radius 2 is 1.76 bits per heavy atom. The summed E-state index contributed by atoms with van der Waals surface area (Å²) < 4.78 is 16.4. The fourth-order valence-corrected chi connectivity index (χ4v) is 2.11. The number of piperazine rings is 1. The lowest BCUT2D eigenvalue weighted by molar-refractivity contribution is 0.00831. The fourth-order valence-electron chi connectivity index (χ4n) is 2.11. The molecule has 1 rings (SSSR count). The van der Waals surface area contributed by atoms with Crippen LogP contribution in [-0.4, -0.2) is 76.8 Å². The second-order valence-corrected chi connectivity index (χ2v) is 5.08. The minimum absolute atomic E-state index is 0.0288. The average molecular weight is 299 g/mol. The van der Waals surface area contributed by atoms with Gasteiger partial charge in [0.25, 0.3) is 0 Å². The first-order chi connectivity index (χ1) is 10.4. The zero-order valence-corrected chi connectivity index (χ0v) is 13.2. The monoisotopic (exact) mass is 299 g/mol. The molecule has 1 unspecified atom stereocenters. The van der Waals surface area contributed by atoms with Crippen molar-refractivity contribution in [3.05, 3.63) is 0 Å². The molecule has 0 saturated carbocycles. The van der Waals surface area contributed by atoms with Gasteiger partial charge in [0.05, 0.1) is 39.1 Å². The van der Waals surface area contributed by atoms with Gasteiger partial charge in [-0.15, -0.1) is 0 Å². The van der Waals surface area contributed by atoms with Gasteiger partial charge in [0.2, 0.25) is 0 Å². The van der Waals surface area contributed by atoms with Gasteiger partial charge >= 0.3 is 0 Å². The largest absolute Gasteiger partial charge is 0.379 e. The first-order valence-corrected chi connectivity index (χ1v) is 7.96. The maximum Gasteiger partial charge on any atom is 0.110 e. The van der Waals surface area contributed by atoms with Crippen molar-refractivity contribution >= 4 is 0 Å². The maximum atomic E-state index is 9.03. The number of nitriles is 1. The number of unbranched alkanes of at least 4 members (excludes halogenated alkanes) is 1. The maximum absolute atomic E-state index is 9.03. The van der Waals surface area contributed by atoms with E-state index in [0.717, 1.165) is 45.6 Å². The van der Waals surface area contributed by atoms with Gasteiger partial charge in [0, 0.05) is 32.8 Å². The number of hydrogen-bond donors (Lipinski definition) is 1. The second kappa shape index (κ2) is 13.0. The highest BCUT2D eigenvalue weighted by atomic mass is 16.5. The van der Waals surface area contributed by atoms with Crippen LogP contribution in [0.2, 0.25) is 0 Å². The Morgan fingerprint density at radius 1 is 1.10 bits per heavy atom. The van der Waals surface area contributed by atoms with Gasteiger partial charge in [-0.2, -0.15) is 5.26 Å². The van der Waals surface area contributed by atoms with Crippen molar-refractivity contribution in [3.8, 4) is 6.07 Å². The van der Waals surface area contributed by atoms with E-state index < -0.39 is 0 Å². The smallest absolute Gasteiger partial charge is 0.110 e. The van der Waals surface area contributed by atoms with E-state index in [0.29, 0.717) is 33.0 Å². The van der Waals surface area contributed by atoms with E-state index in [2.05, 4.69) is 23.2 Å². The standard InChI is InChI=1S/C15H29N3O3/c1-2-3-7-19-9-11-21-12-10-20-8-6-18-5-4-17-14-15(18)13-16/h15,17H,2-12,14H2,1H3. The Labute approximate surface area is 128 Å². The highest BCUT2D eigenvalue weighted by Gasteiger charge is 2.20. The van der Waals surface area contributed by atoms with Crippen LogP contribution in [0.1, 0.15) is 19.8 Å². The lowest BCUT2D eigenvalue weighted by atomic mass is 10.2. The molecule has 0 radical (unpaired) electrons. The third-order valence-corrected chi connectivity index (χ3v) is 3.41. The molecule has 0 amide bonds. The molecule has 0 aromatic heterocycles. The Bertz CT molecular complexity index is 284. The molecule has 0 aromatic rings. The lowest BCUT2D eigenvalue weighted by Crippen LogP contribution is -2.51. The zero-order valence-electron chi connectivity index (χ0n) is 13.2. The van der Waals surface area contributed by atoms with Crippen molar-refractivity contribution in [1.82, 2.24) is 10.2 Å². The van der Waals surface area contributed by atoms with Crippen LogP contribution in [0.25, 0.3) is 0 Å². The van der Waals surface area contributed by atoms with Gasteiger partial charge in [-0.3, -0.25) is 4.90 Å². The quantitative estimate of drug-likeness (QED) is 0.533. The molecule has 1 aliphatic heterocycles. The van der Waals surface area contributed by atoms with Gasteiger partial charge in [-0.05, 0) is 6.42 Å². The van der Waals surface area contributed by atoms with Crippen molar-refractivity contribution < 1.29 is 14.2 Å². The first kappa shape index (κ1) is 18.3. The third-order valence-electron chi connectivity index (χ3n) is 3.41. The summed E-state index contributed by atoms with van der Waals surface area (Å²) in [6.45, 7) is 9.50. The summed E-state index contributed by atoms with van der Waals surface area (Å²) in [4.78, 5) is 2.17. The van der Waals surface area contributed by atoms with Crippen LogP contribution in [0.3, 0.4) is 0 Å². The number of nitrogens with zero attached hydrogens (tertiary/aromatic N) is 2. The van der Waals surface area contributed by atoms with E-state index in [-0.39, 0.29) is 6.04 Å². The molecule has 0 aliphatic carbocycles. The van der Waals surface area contributed by atoms with E-state index >= 15 is 0 Å². The van der Waals surface area contributed by atoms with E-state index in [9.17, 15) is 0 Å². The summed E-state index contributed by atoms with van der Waals surface area (Å²) >= 11 is 0. The number of ether oxygens (including phenoxy) is 3. The highest BCUT2D eigenvalue weighted by Crippen LogP contribution is 2.01. The number of hydrogen-bond acceptors (Lipinski definition) is 6. The molecule has 1 aliphatic rings. The van der Waals surface area contributed by atoms with Crippen molar-refractivity contribution in [2.45, 2.75) is 25.8 Å². The molecule has 1 heterocycles. The molecular weight excluding hydrogens is 270 g/mol. The molecule has 1 N–H and O–H groups in total. The normalized spacial score (nSPS) is 19.5. The Kier molecular flexibility index (Phi) is 11.3. The molecule has 6 nitrogen and oxygen atoms in total. The minimum Gasteiger partial charge on any atom is -0.379 e. The number of rotatable bonds is 12. The van der Waals surface area contributed by atoms with Gasteiger partial charge in [0.1, 0.15) is 6.04 Å². The molecule has 1 saturated heterocycles. The minimum atomic E-state index is -0.0288. The third kappa shape index (κ3) is 9.02. The van der Waals surface area contributed by atoms with E-state index in [1.807, 2.05) is 0 Å². The Morgan fingerprint density at radius 3 is 2.43 bits per heavy atom. The SMILES string of the molecule is CCCCOCCOCCOCCN1CCNCC1C#N. The predicted octanol–water partition coefficient (Wildman–Crippen LogP) is 0.634. The van der Waals surface area contributed by atoms with Crippen molar-refractivity contribution in [3.63, 3.8) is 0 Å².